The van der Waals surface area contributed by atoms with Crippen LogP contribution in [0.4, 0.5) is 0 Å². The minimum atomic E-state index is -0.736. The maximum absolute atomic E-state index is 12.6. The van der Waals surface area contributed by atoms with E-state index in [9.17, 15) is 9.59 Å². The molecule has 0 saturated carbocycles. The Hall–Kier alpha value is -4.01. The van der Waals surface area contributed by atoms with Crippen LogP contribution in [0, 0.1) is 0 Å². The second-order valence-electron chi connectivity index (χ2n) is 5.83. The maximum Gasteiger partial charge on any atom is 0.271 e. The normalized spacial score (nSPS) is 11.2. The van der Waals surface area contributed by atoms with Crippen molar-refractivity contribution in [2.75, 3.05) is 21.3 Å². The van der Waals surface area contributed by atoms with Gasteiger partial charge in [-0.1, -0.05) is 18.2 Å². The van der Waals surface area contributed by atoms with E-state index in [1.54, 1.807) is 30.3 Å². The first-order valence-corrected chi connectivity index (χ1v) is 8.45. The van der Waals surface area contributed by atoms with Gasteiger partial charge in [0.15, 0.2) is 11.5 Å². The van der Waals surface area contributed by atoms with E-state index in [1.807, 2.05) is 0 Å². The Morgan fingerprint density at radius 2 is 1.66 bits per heavy atom. The number of nitrogens with two attached hydrogens (primary N) is 1. The second kappa shape index (κ2) is 8.34. The van der Waals surface area contributed by atoms with Gasteiger partial charge in [0, 0.05) is 10.9 Å². The van der Waals surface area contributed by atoms with Crippen LogP contribution in [0.1, 0.15) is 20.7 Å². The summed E-state index contributed by atoms with van der Waals surface area (Å²) in [5.74, 6) is -0.345. The fraction of sp³-hybridized carbons (Fsp3) is 0.150. The number of ether oxygens (including phenoxy) is 3. The van der Waals surface area contributed by atoms with Crippen molar-refractivity contribution in [3.05, 3.63) is 59.1 Å². The molecule has 0 aliphatic carbocycles. The number of hydrogen-bond donors (Lipinski definition) is 2. The average molecular weight is 397 g/mol. The molecule has 150 valence electrons. The number of nitrogens with zero attached hydrogens (tertiary/aromatic N) is 1. The third-order valence-corrected chi connectivity index (χ3v) is 4.11. The number of methoxy groups -OCH3 is 3. The molecule has 9 heteroatoms. The average Bonchev–Trinajstić information content (AvgIpc) is 2.75. The molecule has 3 aromatic rings. The van der Waals surface area contributed by atoms with Crippen molar-refractivity contribution in [3.8, 4) is 17.2 Å². The summed E-state index contributed by atoms with van der Waals surface area (Å²) >= 11 is 0. The molecule has 0 unspecified atom stereocenters. The van der Waals surface area contributed by atoms with E-state index in [4.69, 9.17) is 24.4 Å². The van der Waals surface area contributed by atoms with Gasteiger partial charge in [-0.2, -0.15) is 0 Å². The minimum absolute atomic E-state index is 0.0360. The number of carbonyl (C=O) groups excluding carboxylic acids is 2. The predicted octanol–water partition coefficient (Wildman–Crippen LogP) is 1.80. The highest BCUT2D eigenvalue weighted by Crippen LogP contribution is 2.38. The van der Waals surface area contributed by atoms with Gasteiger partial charge < -0.3 is 24.4 Å². The highest BCUT2D eigenvalue weighted by molar-refractivity contribution is 5.96. The molecular weight excluding hydrogens is 378 g/mol. The Morgan fingerprint density at radius 3 is 2.24 bits per heavy atom. The fourth-order valence-electron chi connectivity index (χ4n) is 2.71. The van der Waals surface area contributed by atoms with Crippen LogP contribution in [-0.2, 0) is 0 Å². The Kier molecular flexibility index (Phi) is 5.68. The number of fused-ring (bicyclic) bond motifs is 1. The monoisotopic (exact) mass is 397 g/mol. The van der Waals surface area contributed by atoms with Gasteiger partial charge in [0.25, 0.3) is 11.8 Å². The lowest BCUT2D eigenvalue weighted by atomic mass is 10.1. The van der Waals surface area contributed by atoms with E-state index < -0.39 is 11.8 Å². The zero-order chi connectivity index (χ0) is 21.0. The zero-order valence-electron chi connectivity index (χ0n) is 16.0. The third-order valence-electron chi connectivity index (χ3n) is 4.11. The Bertz CT molecular complexity index is 1130. The van der Waals surface area contributed by atoms with Gasteiger partial charge in [-0.05, 0) is 24.3 Å². The molecule has 9 nitrogen and oxygen atoms in total. The lowest BCUT2D eigenvalue weighted by Gasteiger charge is -2.13. The zero-order valence-corrected chi connectivity index (χ0v) is 16.0. The van der Waals surface area contributed by atoms with Gasteiger partial charge in [0.1, 0.15) is 11.1 Å². The van der Waals surface area contributed by atoms with Crippen LogP contribution >= 0.6 is 0 Å². The molecule has 0 aliphatic heterocycles. The van der Waals surface area contributed by atoms with E-state index in [1.165, 1.54) is 33.5 Å². The van der Waals surface area contributed by atoms with Crippen molar-refractivity contribution >= 4 is 22.8 Å². The molecule has 1 heterocycles. The van der Waals surface area contributed by atoms with Crippen LogP contribution in [0.3, 0.4) is 0 Å². The summed E-state index contributed by atoms with van der Waals surface area (Å²) < 4.78 is 21.3. The van der Waals surface area contributed by atoms with Crippen LogP contribution < -0.4 is 30.9 Å². The fourth-order valence-corrected chi connectivity index (χ4v) is 2.71. The smallest absolute Gasteiger partial charge is 0.271 e. The summed E-state index contributed by atoms with van der Waals surface area (Å²) in [7, 11) is 4.34. The van der Waals surface area contributed by atoms with Gasteiger partial charge in [0.2, 0.25) is 11.3 Å². The molecule has 3 N–H and O–H groups in total. The lowest BCUT2D eigenvalue weighted by molar-refractivity contribution is 0.0945. The van der Waals surface area contributed by atoms with Crippen molar-refractivity contribution in [2.45, 2.75) is 0 Å². The quantitative estimate of drug-likeness (QED) is 0.611. The van der Waals surface area contributed by atoms with E-state index in [0.29, 0.717) is 28.2 Å². The summed E-state index contributed by atoms with van der Waals surface area (Å²) in [6, 6.07) is 11.5. The molecule has 0 saturated heterocycles. The number of carbonyl (C=O) groups is 2. The lowest BCUT2D eigenvalue weighted by Crippen LogP contribution is -2.27. The van der Waals surface area contributed by atoms with Crippen LogP contribution in [0.5, 0.6) is 17.2 Å². The first kappa shape index (κ1) is 19.7. The summed E-state index contributed by atoms with van der Waals surface area (Å²) in [6.45, 7) is 0. The Balaban J connectivity index is 2.01. The summed E-state index contributed by atoms with van der Waals surface area (Å²) in [5.41, 5.74) is 8.37. The number of rotatable bonds is 6. The van der Waals surface area contributed by atoms with E-state index in [2.05, 4.69) is 10.5 Å². The van der Waals surface area contributed by atoms with Crippen molar-refractivity contribution in [2.24, 2.45) is 10.8 Å². The molecule has 3 rings (SSSR count). The van der Waals surface area contributed by atoms with Crippen molar-refractivity contribution in [3.63, 3.8) is 0 Å². The van der Waals surface area contributed by atoms with Gasteiger partial charge in [-0.15, -0.1) is 5.10 Å². The number of nitrogens with one attached hydrogen (secondary N) is 1. The highest BCUT2D eigenvalue weighted by atomic mass is 16.5. The van der Waals surface area contributed by atoms with Gasteiger partial charge in [0.05, 0.1) is 21.3 Å². The minimum Gasteiger partial charge on any atom is -0.493 e. The molecule has 0 radical (unpaired) electrons. The second-order valence-corrected chi connectivity index (χ2v) is 5.83. The summed E-state index contributed by atoms with van der Waals surface area (Å²) in [6.07, 6.45) is 0. The predicted molar refractivity (Wildman–Crippen MR) is 104 cm³/mol. The van der Waals surface area contributed by atoms with Crippen LogP contribution in [0.25, 0.3) is 11.0 Å². The molecule has 0 spiro atoms. The number of hydrogen-bond acceptors (Lipinski definition) is 7. The molecule has 0 fully saturated rings. The number of para-hydroxylation sites is 1. The van der Waals surface area contributed by atoms with Gasteiger partial charge >= 0.3 is 0 Å². The van der Waals surface area contributed by atoms with Crippen LogP contribution in [-0.4, -0.2) is 33.1 Å². The molecule has 29 heavy (non-hydrogen) atoms. The van der Waals surface area contributed by atoms with Crippen LogP contribution in [0.2, 0.25) is 0 Å². The van der Waals surface area contributed by atoms with Crippen LogP contribution in [0.15, 0.2) is 52.0 Å². The first-order chi connectivity index (χ1) is 14.0. The van der Waals surface area contributed by atoms with Crippen molar-refractivity contribution in [1.82, 2.24) is 5.43 Å². The number of benzene rings is 2. The molecule has 0 atom stereocenters. The summed E-state index contributed by atoms with van der Waals surface area (Å²) in [4.78, 5) is 24.3. The Morgan fingerprint density at radius 1 is 1.00 bits per heavy atom. The Labute approximate surface area is 165 Å². The number of primary amides is 1. The third kappa shape index (κ3) is 3.98. The SMILES string of the molecule is COc1cc(C(=O)NN=c2oc3ccccc3cc2C(N)=O)cc(OC)c1OC. The van der Waals surface area contributed by atoms with E-state index in [0.717, 1.165) is 0 Å². The molecule has 1 aromatic heterocycles. The molecule has 0 aliphatic rings. The van der Waals surface area contributed by atoms with Crippen molar-refractivity contribution in [1.29, 1.82) is 0 Å². The standard InChI is InChI=1S/C20H19N3O6/c1-26-15-9-12(10-16(27-2)17(15)28-3)19(25)22-23-20-13(18(21)24)8-11-6-4-5-7-14(11)29-20/h4-10H,1-3H3,(H2,21,24)(H,22,25). The first-order valence-electron chi connectivity index (χ1n) is 8.45. The molecule has 2 aromatic carbocycles. The molecular formula is C20H19N3O6. The van der Waals surface area contributed by atoms with Crippen molar-refractivity contribution < 1.29 is 28.2 Å². The largest absolute Gasteiger partial charge is 0.493 e. The van der Waals surface area contributed by atoms with E-state index in [-0.39, 0.29) is 16.7 Å². The molecule has 2 amide bonds. The number of amides is 2. The van der Waals surface area contributed by atoms with E-state index >= 15 is 0 Å². The summed E-state index contributed by atoms with van der Waals surface area (Å²) in [5, 5.41) is 4.60. The highest BCUT2D eigenvalue weighted by Gasteiger charge is 2.17. The topological polar surface area (TPSA) is 125 Å². The van der Waals surface area contributed by atoms with Gasteiger partial charge in [-0.25, -0.2) is 5.43 Å². The maximum atomic E-state index is 12.6. The van der Waals surface area contributed by atoms with Gasteiger partial charge in [-0.3, -0.25) is 9.59 Å². The molecule has 0 bridgehead atoms.